The van der Waals surface area contributed by atoms with Gasteiger partial charge in [-0.15, -0.1) is 0 Å². The van der Waals surface area contributed by atoms with Crippen molar-refractivity contribution in [2.45, 2.75) is 83.0 Å². The number of esters is 1. The molecular formula is C29H42N2O7. The molecule has 2 unspecified atom stereocenters. The number of amides is 1. The third-order valence-corrected chi connectivity index (χ3v) is 9.06. The summed E-state index contributed by atoms with van der Waals surface area (Å²) in [6.07, 6.45) is 5.90. The lowest BCUT2D eigenvalue weighted by molar-refractivity contribution is -0.135. The number of aromatic nitrogens is 1. The van der Waals surface area contributed by atoms with Gasteiger partial charge in [0.05, 0.1) is 23.9 Å². The summed E-state index contributed by atoms with van der Waals surface area (Å²) >= 11 is 0. The number of nitrogens with one attached hydrogen (secondary N) is 2. The lowest BCUT2D eigenvalue weighted by Gasteiger charge is -2.45. The average molecular weight is 531 g/mol. The monoisotopic (exact) mass is 530 g/mol. The number of rotatable bonds is 5. The molecule has 9 nitrogen and oxygen atoms in total. The third-order valence-electron chi connectivity index (χ3n) is 9.06. The summed E-state index contributed by atoms with van der Waals surface area (Å²) in [5.41, 5.74) is -0.171. The Morgan fingerprint density at radius 1 is 1.24 bits per heavy atom. The van der Waals surface area contributed by atoms with Crippen molar-refractivity contribution in [3.63, 3.8) is 0 Å². The van der Waals surface area contributed by atoms with Gasteiger partial charge in [0, 0.05) is 31.1 Å². The zero-order valence-electron chi connectivity index (χ0n) is 22.8. The zero-order chi connectivity index (χ0) is 27.8. The molecule has 0 saturated heterocycles. The predicted octanol–water partition coefficient (Wildman–Crippen LogP) is 2.35. The largest absolute Gasteiger partial charge is 0.457 e. The van der Waals surface area contributed by atoms with Crippen molar-refractivity contribution in [3.05, 3.63) is 47.8 Å². The first kappa shape index (κ1) is 28.5. The third kappa shape index (κ3) is 5.47. The highest BCUT2D eigenvalue weighted by Gasteiger charge is 2.51. The van der Waals surface area contributed by atoms with Crippen molar-refractivity contribution in [2.24, 2.45) is 29.6 Å². The molecule has 0 radical (unpaired) electrons. The number of hydrogen-bond acceptors (Lipinski definition) is 7. The fourth-order valence-electron chi connectivity index (χ4n) is 6.66. The van der Waals surface area contributed by atoms with Crippen molar-refractivity contribution in [3.8, 4) is 0 Å². The van der Waals surface area contributed by atoms with Gasteiger partial charge < -0.3 is 35.1 Å². The number of carbonyl (C=O) groups is 2. The van der Waals surface area contributed by atoms with Gasteiger partial charge in [-0.2, -0.15) is 0 Å². The van der Waals surface area contributed by atoms with Crippen molar-refractivity contribution in [2.75, 3.05) is 7.11 Å². The normalized spacial score (nSPS) is 41.9. The average Bonchev–Trinajstić information content (AvgIpc) is 3.50. The SMILES string of the molecule is CO[C@H]1C[C@H]2C=CC([C@H]3C[C@H](O)[C@@H](C)[C@H]3OC(=O)c3ccc[nH]3)C[C@]2(O)/C(C)=C/[C@@H](C)C([C@@H](C)O)NC1=O. The number of aliphatic hydroxyl groups excluding tert-OH is 2. The van der Waals surface area contributed by atoms with Crippen LogP contribution in [0.2, 0.25) is 0 Å². The van der Waals surface area contributed by atoms with E-state index in [1.165, 1.54) is 7.11 Å². The van der Waals surface area contributed by atoms with Gasteiger partial charge in [0.1, 0.15) is 17.9 Å². The molecule has 1 aliphatic heterocycles. The second-order valence-electron chi connectivity index (χ2n) is 11.5. The maximum absolute atomic E-state index is 13.0. The van der Waals surface area contributed by atoms with E-state index in [0.717, 1.165) is 5.57 Å². The zero-order valence-corrected chi connectivity index (χ0v) is 22.8. The highest BCUT2D eigenvalue weighted by Crippen LogP contribution is 2.48. The second kappa shape index (κ2) is 11.3. The second-order valence-corrected chi connectivity index (χ2v) is 11.5. The van der Waals surface area contributed by atoms with Crippen LogP contribution in [-0.2, 0) is 14.3 Å². The molecule has 2 aliphatic carbocycles. The minimum atomic E-state index is -1.28. The summed E-state index contributed by atoms with van der Waals surface area (Å²) < 4.78 is 11.5. The van der Waals surface area contributed by atoms with E-state index < -0.39 is 42.0 Å². The summed E-state index contributed by atoms with van der Waals surface area (Å²) in [7, 11) is 1.47. The van der Waals surface area contributed by atoms with Crippen molar-refractivity contribution in [1.82, 2.24) is 10.3 Å². The summed E-state index contributed by atoms with van der Waals surface area (Å²) in [4.78, 5) is 28.7. The lowest BCUT2D eigenvalue weighted by atomic mass is 9.65. The molecular weight excluding hydrogens is 488 g/mol. The van der Waals surface area contributed by atoms with E-state index in [2.05, 4.69) is 10.3 Å². The number of aliphatic hydroxyl groups is 3. The van der Waals surface area contributed by atoms with Crippen LogP contribution >= 0.6 is 0 Å². The molecule has 1 amide bonds. The number of fused-ring (bicyclic) bond motifs is 1. The van der Waals surface area contributed by atoms with Crippen LogP contribution in [0.3, 0.4) is 0 Å². The standard InChI is InChI=1S/C29H42N2O7/c1-15-11-16(2)29(36)14-19(8-9-20(29)12-24(37-5)27(34)31-25(15)18(4)32)21-13-23(33)17(3)26(21)38-28(35)22-7-6-10-30-22/h6-11,15,17-21,23-26,30,32-33,36H,12-14H2,1-5H3,(H,31,34)/b16-11+/t15-,17-,18-,19?,20-,21-,23+,24+,25?,26-,29+/m1/s1. The lowest BCUT2D eigenvalue weighted by Crippen LogP contribution is -2.53. The molecule has 38 heavy (non-hydrogen) atoms. The van der Waals surface area contributed by atoms with Gasteiger partial charge in [-0.3, -0.25) is 4.79 Å². The summed E-state index contributed by atoms with van der Waals surface area (Å²) in [5.74, 6) is -2.03. The molecule has 1 aromatic heterocycles. The fourth-order valence-corrected chi connectivity index (χ4v) is 6.66. The van der Waals surface area contributed by atoms with Crippen LogP contribution in [0, 0.1) is 29.6 Å². The first-order valence-corrected chi connectivity index (χ1v) is 13.6. The molecule has 0 bridgehead atoms. The maximum Gasteiger partial charge on any atom is 0.355 e. The minimum Gasteiger partial charge on any atom is -0.457 e. The number of aromatic amines is 1. The summed E-state index contributed by atoms with van der Waals surface area (Å²) in [5, 5.41) is 36.3. The Balaban J connectivity index is 1.66. The van der Waals surface area contributed by atoms with Gasteiger partial charge in [-0.1, -0.05) is 32.1 Å². The highest BCUT2D eigenvalue weighted by atomic mass is 16.5. The molecule has 2 heterocycles. The first-order valence-electron chi connectivity index (χ1n) is 13.6. The molecule has 3 aliphatic rings. The molecule has 4 rings (SSSR count). The number of ether oxygens (including phenoxy) is 2. The number of H-pyrrole nitrogens is 1. The molecule has 0 spiro atoms. The van der Waals surface area contributed by atoms with Crippen molar-refractivity contribution < 1.29 is 34.4 Å². The van der Waals surface area contributed by atoms with Crippen LogP contribution in [0.25, 0.3) is 0 Å². The molecule has 210 valence electrons. The Bertz CT molecular complexity index is 1050. The summed E-state index contributed by atoms with van der Waals surface area (Å²) in [6, 6.07) is 2.85. The quantitative estimate of drug-likeness (QED) is 0.291. The number of carbonyl (C=O) groups excluding carboxylic acids is 2. The van der Waals surface area contributed by atoms with E-state index in [-0.39, 0.29) is 41.9 Å². The molecule has 1 aromatic rings. The van der Waals surface area contributed by atoms with Crippen LogP contribution in [0.1, 0.15) is 57.4 Å². The van der Waals surface area contributed by atoms with E-state index in [0.29, 0.717) is 18.5 Å². The maximum atomic E-state index is 13.0. The molecule has 0 aromatic carbocycles. The van der Waals surface area contributed by atoms with Crippen LogP contribution in [0.5, 0.6) is 0 Å². The van der Waals surface area contributed by atoms with E-state index in [9.17, 15) is 24.9 Å². The Hall–Kier alpha value is -2.46. The van der Waals surface area contributed by atoms with Crippen molar-refractivity contribution >= 4 is 11.9 Å². The smallest absolute Gasteiger partial charge is 0.355 e. The summed E-state index contributed by atoms with van der Waals surface area (Å²) in [6.45, 7) is 7.31. The Morgan fingerprint density at radius 2 is 1.97 bits per heavy atom. The van der Waals surface area contributed by atoms with Gasteiger partial charge in [0.2, 0.25) is 5.91 Å². The number of allylic oxidation sites excluding steroid dienone is 1. The van der Waals surface area contributed by atoms with Gasteiger partial charge in [0.25, 0.3) is 0 Å². The van der Waals surface area contributed by atoms with Gasteiger partial charge >= 0.3 is 5.97 Å². The van der Waals surface area contributed by atoms with E-state index >= 15 is 0 Å². The van der Waals surface area contributed by atoms with Crippen LogP contribution in [-0.4, -0.2) is 75.3 Å². The van der Waals surface area contributed by atoms with Gasteiger partial charge in [-0.25, -0.2) is 4.79 Å². The molecule has 5 N–H and O–H groups in total. The predicted molar refractivity (Wildman–Crippen MR) is 141 cm³/mol. The van der Waals surface area contributed by atoms with Crippen LogP contribution < -0.4 is 5.32 Å². The van der Waals surface area contributed by atoms with Crippen molar-refractivity contribution in [1.29, 1.82) is 0 Å². The Labute approximate surface area is 224 Å². The Morgan fingerprint density at radius 3 is 2.61 bits per heavy atom. The van der Waals surface area contributed by atoms with E-state index in [1.807, 2.05) is 39.0 Å². The van der Waals surface area contributed by atoms with Crippen LogP contribution in [0.4, 0.5) is 0 Å². The molecule has 11 atom stereocenters. The molecule has 9 heteroatoms. The van der Waals surface area contributed by atoms with Crippen LogP contribution in [0.15, 0.2) is 42.1 Å². The molecule has 1 fully saturated rings. The first-order chi connectivity index (χ1) is 18.0. The van der Waals surface area contributed by atoms with Gasteiger partial charge in [-0.05, 0) is 62.7 Å². The minimum absolute atomic E-state index is 0.165. The topological polar surface area (TPSA) is 141 Å². The number of methoxy groups -OCH3 is 1. The van der Waals surface area contributed by atoms with E-state index in [1.54, 1.807) is 25.3 Å². The number of hydrogen-bond donors (Lipinski definition) is 5. The fraction of sp³-hybridized carbons (Fsp3) is 0.655. The van der Waals surface area contributed by atoms with Gasteiger partial charge in [0.15, 0.2) is 0 Å². The Kier molecular flexibility index (Phi) is 8.52. The van der Waals surface area contributed by atoms with E-state index in [4.69, 9.17) is 9.47 Å². The highest BCUT2D eigenvalue weighted by molar-refractivity contribution is 5.87. The molecule has 1 saturated carbocycles.